The minimum Gasteiger partial charge on any atom is -0.480 e. The first-order valence-electron chi connectivity index (χ1n) is 3.16. The van der Waals surface area contributed by atoms with Crippen LogP contribution >= 0.6 is 0 Å². The topological polar surface area (TPSA) is 57.6 Å². The Morgan fingerprint density at radius 2 is 2.36 bits per heavy atom. The Hall–Kier alpha value is -1.13. The van der Waals surface area contributed by atoms with Crippen molar-refractivity contribution in [3.63, 3.8) is 0 Å². The van der Waals surface area contributed by atoms with Crippen molar-refractivity contribution in [2.24, 2.45) is 0 Å². The molecule has 0 radical (unpaired) electrons. The molecule has 1 fully saturated rings. The maximum Gasteiger partial charge on any atom is 0.329 e. The molecule has 1 amide bonds. The molecule has 2 unspecified atom stereocenters. The summed E-state index contributed by atoms with van der Waals surface area (Å²) in [6.07, 6.45) is -1.88. The predicted octanol–water partition coefficient (Wildman–Crippen LogP) is -0.360. The van der Waals surface area contributed by atoms with Gasteiger partial charge in [0.2, 0.25) is 5.91 Å². The van der Waals surface area contributed by atoms with E-state index in [1.54, 1.807) is 0 Å². The maximum atomic E-state index is 12.7. The third kappa shape index (κ3) is 1.18. The van der Waals surface area contributed by atoms with E-state index < -0.39 is 24.1 Å². The molecule has 1 heterocycles. The van der Waals surface area contributed by atoms with Gasteiger partial charge in [-0.3, -0.25) is 4.79 Å². The highest BCUT2D eigenvalue weighted by Gasteiger charge is 2.42. The molecule has 1 rings (SSSR count). The van der Waals surface area contributed by atoms with Crippen molar-refractivity contribution in [1.29, 1.82) is 0 Å². The van der Waals surface area contributed by atoms with Crippen molar-refractivity contribution in [1.82, 2.24) is 4.90 Å². The number of hydrogen-bond acceptors (Lipinski definition) is 2. The second-order valence-electron chi connectivity index (χ2n) is 2.51. The first-order valence-corrected chi connectivity index (χ1v) is 3.16. The SMILES string of the molecule is CN1C(=O)CC(F)C1C(=O)O. The number of alkyl halides is 1. The molecule has 62 valence electrons. The monoisotopic (exact) mass is 161 g/mol. The van der Waals surface area contributed by atoms with E-state index in [9.17, 15) is 14.0 Å². The molecule has 0 aromatic heterocycles. The van der Waals surface area contributed by atoms with Crippen LogP contribution < -0.4 is 0 Å². The van der Waals surface area contributed by atoms with E-state index in [0.29, 0.717) is 0 Å². The smallest absolute Gasteiger partial charge is 0.329 e. The highest BCUT2D eigenvalue weighted by molar-refractivity contribution is 5.88. The number of halogens is 1. The van der Waals surface area contributed by atoms with Crippen molar-refractivity contribution < 1.29 is 19.1 Å². The molecule has 4 nitrogen and oxygen atoms in total. The molecule has 11 heavy (non-hydrogen) atoms. The number of likely N-dealkylation sites (tertiary alicyclic amines) is 1. The number of carbonyl (C=O) groups is 2. The fourth-order valence-corrected chi connectivity index (χ4v) is 1.14. The molecule has 5 heteroatoms. The largest absolute Gasteiger partial charge is 0.480 e. The first kappa shape index (κ1) is 7.97. The standard InChI is InChI=1S/C6H8FNO3/c1-8-4(9)2-3(7)5(8)6(10)11/h3,5H,2H2,1H3,(H,10,11). The van der Waals surface area contributed by atoms with Gasteiger partial charge in [0, 0.05) is 7.05 Å². The van der Waals surface area contributed by atoms with Crippen molar-refractivity contribution in [2.75, 3.05) is 7.05 Å². The van der Waals surface area contributed by atoms with Crippen LogP contribution in [0.3, 0.4) is 0 Å². The molecule has 0 aromatic carbocycles. The Labute approximate surface area is 62.6 Å². The molecular weight excluding hydrogens is 153 g/mol. The maximum absolute atomic E-state index is 12.7. The lowest BCUT2D eigenvalue weighted by molar-refractivity contribution is -0.146. The Kier molecular flexibility index (Phi) is 1.80. The number of hydrogen-bond donors (Lipinski definition) is 1. The molecule has 1 N–H and O–H groups in total. The number of rotatable bonds is 1. The number of aliphatic carboxylic acids is 1. The highest BCUT2D eigenvalue weighted by atomic mass is 19.1. The van der Waals surface area contributed by atoms with E-state index >= 15 is 0 Å². The van der Waals surface area contributed by atoms with Gasteiger partial charge in [0.1, 0.15) is 6.17 Å². The summed E-state index contributed by atoms with van der Waals surface area (Å²) in [5.74, 6) is -1.74. The minimum absolute atomic E-state index is 0.312. The van der Waals surface area contributed by atoms with Crippen LogP contribution in [0.2, 0.25) is 0 Å². The zero-order chi connectivity index (χ0) is 8.59. The van der Waals surface area contributed by atoms with Gasteiger partial charge in [-0.05, 0) is 0 Å². The lowest BCUT2D eigenvalue weighted by Gasteiger charge is -2.15. The molecule has 2 atom stereocenters. The van der Waals surface area contributed by atoms with Crippen molar-refractivity contribution in [2.45, 2.75) is 18.6 Å². The molecule has 1 aliphatic heterocycles. The van der Waals surface area contributed by atoms with Crippen LogP contribution in [0, 0.1) is 0 Å². The van der Waals surface area contributed by atoms with Gasteiger partial charge in [-0.2, -0.15) is 0 Å². The van der Waals surface area contributed by atoms with E-state index in [1.807, 2.05) is 0 Å². The van der Waals surface area contributed by atoms with E-state index in [0.717, 1.165) is 4.90 Å². The van der Waals surface area contributed by atoms with Gasteiger partial charge in [-0.1, -0.05) is 0 Å². The quantitative estimate of drug-likeness (QED) is 0.571. The number of carboxylic acid groups (broad SMARTS) is 1. The third-order valence-electron chi connectivity index (χ3n) is 1.78. The molecule has 0 saturated carbocycles. The van der Waals surface area contributed by atoms with Crippen LogP contribution in [0.5, 0.6) is 0 Å². The minimum atomic E-state index is -1.56. The van der Waals surface area contributed by atoms with Gasteiger partial charge in [0.05, 0.1) is 6.42 Å². The highest BCUT2D eigenvalue weighted by Crippen LogP contribution is 2.20. The average molecular weight is 161 g/mol. The number of carbonyl (C=O) groups excluding carboxylic acids is 1. The van der Waals surface area contributed by atoms with Gasteiger partial charge in [-0.15, -0.1) is 0 Å². The summed E-state index contributed by atoms with van der Waals surface area (Å²) < 4.78 is 12.7. The molecule has 0 aliphatic carbocycles. The fourth-order valence-electron chi connectivity index (χ4n) is 1.14. The summed E-state index contributed by atoms with van der Waals surface area (Å²) in [6.45, 7) is 0. The lowest BCUT2D eigenvalue weighted by Crippen LogP contribution is -2.39. The summed E-state index contributed by atoms with van der Waals surface area (Å²) >= 11 is 0. The molecular formula is C6H8FNO3. The van der Waals surface area contributed by atoms with Crippen molar-refractivity contribution in [3.05, 3.63) is 0 Å². The summed E-state index contributed by atoms with van der Waals surface area (Å²) in [5.41, 5.74) is 0. The van der Waals surface area contributed by atoms with E-state index in [-0.39, 0.29) is 6.42 Å². The van der Waals surface area contributed by atoms with Gasteiger partial charge >= 0.3 is 5.97 Å². The van der Waals surface area contributed by atoms with E-state index in [2.05, 4.69) is 0 Å². The van der Waals surface area contributed by atoms with Crippen LogP contribution in [0.25, 0.3) is 0 Å². The van der Waals surface area contributed by atoms with E-state index in [4.69, 9.17) is 5.11 Å². The van der Waals surface area contributed by atoms with Gasteiger partial charge in [0.15, 0.2) is 6.04 Å². The van der Waals surface area contributed by atoms with Crippen LogP contribution in [0.1, 0.15) is 6.42 Å². The summed E-state index contributed by atoms with van der Waals surface area (Å²) in [4.78, 5) is 22.0. The van der Waals surface area contributed by atoms with E-state index in [1.165, 1.54) is 7.05 Å². The molecule has 0 bridgehead atoms. The average Bonchev–Trinajstić information content (AvgIpc) is 2.07. The normalized spacial score (nSPS) is 31.1. The fraction of sp³-hybridized carbons (Fsp3) is 0.667. The van der Waals surface area contributed by atoms with Crippen LogP contribution in [0.4, 0.5) is 4.39 Å². The Balaban J connectivity index is 2.79. The molecule has 1 saturated heterocycles. The third-order valence-corrected chi connectivity index (χ3v) is 1.78. The first-order chi connectivity index (χ1) is 5.04. The second kappa shape index (κ2) is 2.48. The number of amides is 1. The van der Waals surface area contributed by atoms with Crippen LogP contribution in [-0.4, -0.2) is 41.1 Å². The van der Waals surface area contributed by atoms with Crippen molar-refractivity contribution >= 4 is 11.9 Å². The molecule has 1 aliphatic rings. The molecule has 0 aromatic rings. The Bertz CT molecular complexity index is 206. The number of carboxylic acids is 1. The number of nitrogens with zero attached hydrogens (tertiary/aromatic N) is 1. The molecule has 0 spiro atoms. The zero-order valence-electron chi connectivity index (χ0n) is 5.95. The van der Waals surface area contributed by atoms with Gasteiger partial charge in [0.25, 0.3) is 0 Å². The summed E-state index contributed by atoms with van der Waals surface area (Å²) in [5, 5.41) is 8.44. The summed E-state index contributed by atoms with van der Waals surface area (Å²) in [6, 6.07) is -1.29. The van der Waals surface area contributed by atoms with Crippen LogP contribution in [-0.2, 0) is 9.59 Å². The van der Waals surface area contributed by atoms with Gasteiger partial charge < -0.3 is 10.0 Å². The summed E-state index contributed by atoms with van der Waals surface area (Å²) in [7, 11) is 1.29. The lowest BCUT2D eigenvalue weighted by atomic mass is 10.2. The second-order valence-corrected chi connectivity index (χ2v) is 2.51. The van der Waals surface area contributed by atoms with Gasteiger partial charge in [-0.25, -0.2) is 9.18 Å². The Morgan fingerprint density at radius 3 is 2.55 bits per heavy atom. The predicted molar refractivity (Wildman–Crippen MR) is 33.7 cm³/mol. The number of likely N-dealkylation sites (N-methyl/N-ethyl adjacent to an activating group) is 1. The zero-order valence-corrected chi connectivity index (χ0v) is 5.95. The Morgan fingerprint density at radius 1 is 1.82 bits per heavy atom. The van der Waals surface area contributed by atoms with Crippen molar-refractivity contribution in [3.8, 4) is 0 Å². The van der Waals surface area contributed by atoms with Crippen LogP contribution in [0.15, 0.2) is 0 Å².